The van der Waals surface area contributed by atoms with Gasteiger partial charge in [0.1, 0.15) is 0 Å². The summed E-state index contributed by atoms with van der Waals surface area (Å²) in [5, 5.41) is 0. The molecule has 2 fully saturated rings. The molecule has 0 spiro atoms. The summed E-state index contributed by atoms with van der Waals surface area (Å²) in [5.41, 5.74) is 1.34. The molecule has 0 bridgehead atoms. The van der Waals surface area contributed by atoms with Crippen molar-refractivity contribution in [3.63, 3.8) is 0 Å². The molecule has 3 rings (SSSR count). The average Bonchev–Trinajstić information content (AvgIpc) is 3.16. The van der Waals surface area contributed by atoms with Crippen LogP contribution in [0.25, 0.3) is 0 Å². The van der Waals surface area contributed by atoms with Gasteiger partial charge in [-0.1, -0.05) is 30.3 Å². The summed E-state index contributed by atoms with van der Waals surface area (Å²) in [5.74, 6) is 0.374. The lowest BCUT2D eigenvalue weighted by Gasteiger charge is -2.33. The second kappa shape index (κ2) is 7.28. The lowest BCUT2D eigenvalue weighted by Crippen LogP contribution is -2.47. The van der Waals surface area contributed by atoms with Gasteiger partial charge in [0.25, 0.3) is 0 Å². The molecule has 2 heterocycles. The molecule has 3 heteroatoms. The van der Waals surface area contributed by atoms with Gasteiger partial charge >= 0.3 is 0 Å². The first-order chi connectivity index (χ1) is 10.8. The van der Waals surface area contributed by atoms with Crippen LogP contribution in [-0.4, -0.2) is 47.9 Å². The Bertz CT molecular complexity index is 487. The van der Waals surface area contributed by atoms with Crippen molar-refractivity contribution in [2.45, 2.75) is 57.0 Å². The SMILES string of the molecule is CN1CCC[C@@H]1[C@@H]1CCCN1C(=O)CCCc1ccccc1. The molecule has 120 valence electrons. The number of likely N-dealkylation sites (tertiary alicyclic amines) is 2. The fourth-order valence-corrected chi connectivity index (χ4v) is 4.16. The zero-order valence-corrected chi connectivity index (χ0v) is 13.7. The number of hydrogen-bond donors (Lipinski definition) is 0. The molecule has 2 saturated heterocycles. The molecule has 1 amide bonds. The van der Waals surface area contributed by atoms with Crippen molar-refractivity contribution >= 4 is 5.91 Å². The molecule has 1 aromatic rings. The number of nitrogens with zero attached hydrogens (tertiary/aromatic N) is 2. The topological polar surface area (TPSA) is 23.6 Å². The normalized spacial score (nSPS) is 25.8. The van der Waals surface area contributed by atoms with Crippen molar-refractivity contribution in [1.82, 2.24) is 9.80 Å². The number of amides is 1. The van der Waals surface area contributed by atoms with E-state index in [1.165, 1.54) is 37.8 Å². The van der Waals surface area contributed by atoms with E-state index in [1.54, 1.807) is 0 Å². The predicted octanol–water partition coefficient (Wildman–Crippen LogP) is 3.09. The van der Waals surface area contributed by atoms with Crippen molar-refractivity contribution in [3.8, 4) is 0 Å². The highest BCUT2D eigenvalue weighted by Gasteiger charge is 2.37. The Labute approximate surface area is 134 Å². The van der Waals surface area contributed by atoms with Crippen LogP contribution in [0, 0.1) is 0 Å². The Hall–Kier alpha value is -1.35. The van der Waals surface area contributed by atoms with Crippen molar-refractivity contribution in [2.75, 3.05) is 20.1 Å². The van der Waals surface area contributed by atoms with Gasteiger partial charge in [0.05, 0.1) is 0 Å². The van der Waals surface area contributed by atoms with Gasteiger partial charge in [-0.2, -0.15) is 0 Å². The number of aryl methyl sites for hydroxylation is 1. The monoisotopic (exact) mass is 300 g/mol. The maximum absolute atomic E-state index is 12.6. The molecule has 3 nitrogen and oxygen atoms in total. The van der Waals surface area contributed by atoms with Crippen LogP contribution in [-0.2, 0) is 11.2 Å². The highest BCUT2D eigenvalue weighted by molar-refractivity contribution is 5.77. The number of benzene rings is 1. The summed E-state index contributed by atoms with van der Waals surface area (Å²) in [6, 6.07) is 11.6. The van der Waals surface area contributed by atoms with E-state index in [2.05, 4.69) is 41.1 Å². The van der Waals surface area contributed by atoms with Crippen LogP contribution < -0.4 is 0 Å². The first kappa shape index (κ1) is 15.5. The Morgan fingerprint density at radius 1 is 1.09 bits per heavy atom. The van der Waals surface area contributed by atoms with E-state index in [4.69, 9.17) is 0 Å². The molecular formula is C19H28N2O. The summed E-state index contributed by atoms with van der Waals surface area (Å²) in [6.07, 6.45) is 7.59. The molecule has 22 heavy (non-hydrogen) atoms. The highest BCUT2D eigenvalue weighted by atomic mass is 16.2. The van der Waals surface area contributed by atoms with Gasteiger partial charge in [0, 0.05) is 25.0 Å². The molecule has 2 aliphatic rings. The molecule has 0 radical (unpaired) electrons. The summed E-state index contributed by atoms with van der Waals surface area (Å²) in [7, 11) is 2.22. The predicted molar refractivity (Wildman–Crippen MR) is 89.8 cm³/mol. The largest absolute Gasteiger partial charge is 0.338 e. The molecular weight excluding hydrogens is 272 g/mol. The number of carbonyl (C=O) groups excluding carboxylic acids is 1. The molecule has 0 unspecified atom stereocenters. The zero-order chi connectivity index (χ0) is 15.4. The average molecular weight is 300 g/mol. The molecule has 1 aromatic carbocycles. The minimum atomic E-state index is 0.374. The molecule has 0 aliphatic carbocycles. The van der Waals surface area contributed by atoms with Gasteiger partial charge in [-0.25, -0.2) is 0 Å². The number of hydrogen-bond acceptors (Lipinski definition) is 2. The molecule has 0 saturated carbocycles. The van der Waals surface area contributed by atoms with Gasteiger partial charge in [-0.3, -0.25) is 4.79 Å². The minimum Gasteiger partial charge on any atom is -0.338 e. The Balaban J connectivity index is 1.50. The Morgan fingerprint density at radius 2 is 1.82 bits per heavy atom. The first-order valence-electron chi connectivity index (χ1n) is 8.79. The second-order valence-electron chi connectivity index (χ2n) is 6.83. The van der Waals surface area contributed by atoms with Crippen molar-refractivity contribution in [3.05, 3.63) is 35.9 Å². The van der Waals surface area contributed by atoms with Crippen LogP contribution in [0.5, 0.6) is 0 Å². The minimum absolute atomic E-state index is 0.374. The van der Waals surface area contributed by atoms with E-state index < -0.39 is 0 Å². The van der Waals surface area contributed by atoms with E-state index in [0.29, 0.717) is 24.4 Å². The fraction of sp³-hybridized carbons (Fsp3) is 0.632. The third-order valence-corrected chi connectivity index (χ3v) is 5.34. The smallest absolute Gasteiger partial charge is 0.222 e. The van der Waals surface area contributed by atoms with Gasteiger partial charge in [0.2, 0.25) is 5.91 Å². The van der Waals surface area contributed by atoms with Crippen LogP contribution in [0.4, 0.5) is 0 Å². The second-order valence-corrected chi connectivity index (χ2v) is 6.83. The zero-order valence-electron chi connectivity index (χ0n) is 13.7. The Kier molecular flexibility index (Phi) is 5.14. The summed E-state index contributed by atoms with van der Waals surface area (Å²) >= 11 is 0. The maximum atomic E-state index is 12.6. The molecule has 2 aliphatic heterocycles. The van der Waals surface area contributed by atoms with Crippen LogP contribution in [0.3, 0.4) is 0 Å². The van der Waals surface area contributed by atoms with Gasteiger partial charge in [-0.05, 0) is 57.7 Å². The van der Waals surface area contributed by atoms with Crippen molar-refractivity contribution in [2.24, 2.45) is 0 Å². The summed E-state index contributed by atoms with van der Waals surface area (Å²) in [6.45, 7) is 2.16. The van der Waals surface area contributed by atoms with Crippen molar-refractivity contribution < 1.29 is 4.79 Å². The summed E-state index contributed by atoms with van der Waals surface area (Å²) < 4.78 is 0. The van der Waals surface area contributed by atoms with Crippen LogP contribution in [0.2, 0.25) is 0 Å². The molecule has 0 N–H and O–H groups in total. The van der Waals surface area contributed by atoms with Crippen molar-refractivity contribution in [1.29, 1.82) is 0 Å². The standard InChI is InChI=1S/C19H28N2O/c1-20-14-6-11-17(20)18-12-7-15-21(18)19(22)13-5-10-16-8-3-2-4-9-16/h2-4,8-9,17-18H,5-7,10-15H2,1H3/t17-,18+/m1/s1. The van der Waals surface area contributed by atoms with E-state index in [1.807, 2.05) is 6.07 Å². The number of rotatable bonds is 5. The van der Waals surface area contributed by atoms with E-state index in [-0.39, 0.29) is 0 Å². The number of likely N-dealkylation sites (N-methyl/N-ethyl adjacent to an activating group) is 1. The fourth-order valence-electron chi connectivity index (χ4n) is 4.16. The quantitative estimate of drug-likeness (QED) is 0.834. The molecule has 0 aromatic heterocycles. The third-order valence-electron chi connectivity index (χ3n) is 5.34. The lowest BCUT2D eigenvalue weighted by atomic mass is 10.0. The first-order valence-corrected chi connectivity index (χ1v) is 8.79. The van der Waals surface area contributed by atoms with E-state index >= 15 is 0 Å². The summed E-state index contributed by atoms with van der Waals surface area (Å²) in [4.78, 5) is 17.3. The lowest BCUT2D eigenvalue weighted by molar-refractivity contribution is -0.133. The van der Waals surface area contributed by atoms with E-state index in [0.717, 1.165) is 19.4 Å². The molecule has 2 atom stereocenters. The van der Waals surface area contributed by atoms with Crippen LogP contribution >= 0.6 is 0 Å². The van der Waals surface area contributed by atoms with E-state index in [9.17, 15) is 4.79 Å². The Morgan fingerprint density at radius 3 is 2.55 bits per heavy atom. The van der Waals surface area contributed by atoms with Gasteiger partial charge in [0.15, 0.2) is 0 Å². The highest BCUT2D eigenvalue weighted by Crippen LogP contribution is 2.29. The van der Waals surface area contributed by atoms with Gasteiger partial charge in [-0.15, -0.1) is 0 Å². The van der Waals surface area contributed by atoms with Crippen LogP contribution in [0.1, 0.15) is 44.1 Å². The third kappa shape index (κ3) is 3.52. The number of carbonyl (C=O) groups is 1. The maximum Gasteiger partial charge on any atom is 0.222 e. The van der Waals surface area contributed by atoms with Crippen LogP contribution in [0.15, 0.2) is 30.3 Å². The van der Waals surface area contributed by atoms with Gasteiger partial charge < -0.3 is 9.80 Å².